The van der Waals surface area contributed by atoms with Crippen LogP contribution in [-0.4, -0.2) is 35.6 Å². The van der Waals surface area contributed by atoms with Gasteiger partial charge in [-0.2, -0.15) is 0 Å². The van der Waals surface area contributed by atoms with Gasteiger partial charge in [-0.1, -0.05) is 6.07 Å². The number of nitrogens with zero attached hydrogens (tertiary/aromatic N) is 1. The Hall–Kier alpha value is -1.96. The fraction of sp³-hybridized carbons (Fsp3) is 0.455. The molecular formula is C11H15F2N3O3. The first-order valence-corrected chi connectivity index (χ1v) is 5.68. The van der Waals surface area contributed by atoms with Crippen LogP contribution in [0.15, 0.2) is 18.2 Å². The summed E-state index contributed by atoms with van der Waals surface area (Å²) in [5.41, 5.74) is 0.151. The van der Waals surface area contributed by atoms with Crippen molar-refractivity contribution in [2.75, 3.05) is 23.7 Å². The second-order valence-corrected chi connectivity index (χ2v) is 3.77. The summed E-state index contributed by atoms with van der Waals surface area (Å²) in [7, 11) is 0. The van der Waals surface area contributed by atoms with E-state index in [1.165, 1.54) is 12.1 Å². The molecule has 0 aromatic heterocycles. The van der Waals surface area contributed by atoms with E-state index in [9.17, 15) is 18.9 Å². The number of hydrogen-bond acceptors (Lipinski definition) is 5. The van der Waals surface area contributed by atoms with E-state index in [4.69, 9.17) is 5.11 Å². The average molecular weight is 275 g/mol. The number of aliphatic hydroxyl groups is 1. The maximum absolute atomic E-state index is 12.2. The molecule has 0 heterocycles. The van der Waals surface area contributed by atoms with Gasteiger partial charge in [-0.05, 0) is 19.1 Å². The maximum Gasteiger partial charge on any atom is 0.315 e. The first-order valence-electron chi connectivity index (χ1n) is 5.68. The molecule has 0 aliphatic rings. The van der Waals surface area contributed by atoms with Gasteiger partial charge in [-0.3, -0.25) is 10.1 Å². The van der Waals surface area contributed by atoms with Gasteiger partial charge in [0, 0.05) is 13.1 Å². The van der Waals surface area contributed by atoms with Gasteiger partial charge < -0.3 is 15.7 Å². The average Bonchev–Trinajstić information content (AvgIpc) is 2.35. The number of benzene rings is 1. The van der Waals surface area contributed by atoms with Gasteiger partial charge in [0.2, 0.25) is 0 Å². The molecule has 19 heavy (non-hydrogen) atoms. The molecule has 106 valence electrons. The zero-order valence-electron chi connectivity index (χ0n) is 10.3. The summed E-state index contributed by atoms with van der Waals surface area (Å²) in [4.78, 5) is 10.4. The van der Waals surface area contributed by atoms with Crippen LogP contribution in [0.25, 0.3) is 0 Å². The van der Waals surface area contributed by atoms with E-state index in [2.05, 4.69) is 10.6 Å². The lowest BCUT2D eigenvalue weighted by Gasteiger charge is -2.13. The Kier molecular flexibility index (Phi) is 5.43. The molecule has 6 nitrogen and oxygen atoms in total. The number of halogens is 2. The molecule has 0 aliphatic carbocycles. The summed E-state index contributed by atoms with van der Waals surface area (Å²) < 4.78 is 24.3. The van der Waals surface area contributed by atoms with E-state index in [1.807, 2.05) is 0 Å². The molecular weight excluding hydrogens is 260 g/mol. The maximum atomic E-state index is 12.2. The van der Waals surface area contributed by atoms with E-state index < -0.39 is 24.0 Å². The number of aliphatic hydroxyl groups excluding tert-OH is 1. The van der Waals surface area contributed by atoms with E-state index in [-0.39, 0.29) is 11.4 Å². The third-order valence-corrected chi connectivity index (χ3v) is 2.38. The fourth-order valence-corrected chi connectivity index (χ4v) is 1.52. The molecule has 1 atom stereocenters. The Morgan fingerprint density at radius 3 is 2.42 bits per heavy atom. The van der Waals surface area contributed by atoms with Crippen LogP contribution in [0.2, 0.25) is 0 Å². The van der Waals surface area contributed by atoms with E-state index in [0.717, 1.165) is 0 Å². The summed E-state index contributed by atoms with van der Waals surface area (Å²) in [5.74, 6) is 0. The van der Waals surface area contributed by atoms with Crippen LogP contribution in [0.5, 0.6) is 0 Å². The standard InChI is InChI=1S/C11H15F2N3O3/c1-2-14-7-4-3-5-8(10(7)16(18)19)15-6-9(17)11(12)13/h3-5,9,11,14-15,17H,2,6H2,1H3. The lowest BCUT2D eigenvalue weighted by molar-refractivity contribution is -0.383. The lowest BCUT2D eigenvalue weighted by atomic mass is 10.2. The van der Waals surface area contributed by atoms with Gasteiger partial charge >= 0.3 is 5.69 Å². The molecule has 3 N–H and O–H groups in total. The Bertz CT molecular complexity index is 443. The van der Waals surface area contributed by atoms with Crippen LogP contribution >= 0.6 is 0 Å². The van der Waals surface area contributed by atoms with Gasteiger partial charge in [-0.15, -0.1) is 0 Å². The topological polar surface area (TPSA) is 87.4 Å². The van der Waals surface area contributed by atoms with Crippen LogP contribution in [-0.2, 0) is 0 Å². The van der Waals surface area contributed by atoms with Crippen LogP contribution in [0.4, 0.5) is 25.8 Å². The second-order valence-electron chi connectivity index (χ2n) is 3.77. The number of nitrogens with one attached hydrogen (secondary N) is 2. The second kappa shape index (κ2) is 6.83. The summed E-state index contributed by atoms with van der Waals surface area (Å²) in [6, 6.07) is 4.48. The monoisotopic (exact) mass is 275 g/mol. The highest BCUT2D eigenvalue weighted by molar-refractivity contribution is 5.76. The zero-order chi connectivity index (χ0) is 14.4. The predicted molar refractivity (Wildman–Crippen MR) is 67.8 cm³/mol. The summed E-state index contributed by atoms with van der Waals surface area (Å²) in [6.45, 7) is 1.81. The molecule has 0 bridgehead atoms. The Balaban J connectivity index is 2.93. The molecule has 0 aliphatic heterocycles. The molecule has 1 unspecified atom stereocenters. The lowest BCUT2D eigenvalue weighted by Crippen LogP contribution is -2.27. The number of para-hydroxylation sites is 1. The van der Waals surface area contributed by atoms with Crippen molar-refractivity contribution in [1.82, 2.24) is 0 Å². The number of rotatable bonds is 7. The van der Waals surface area contributed by atoms with Crippen molar-refractivity contribution in [3.63, 3.8) is 0 Å². The van der Waals surface area contributed by atoms with Crippen LogP contribution < -0.4 is 10.6 Å². The van der Waals surface area contributed by atoms with Crippen molar-refractivity contribution in [2.45, 2.75) is 19.5 Å². The highest BCUT2D eigenvalue weighted by Gasteiger charge is 2.22. The van der Waals surface area contributed by atoms with Gasteiger partial charge in [0.05, 0.1) is 4.92 Å². The molecule has 0 saturated carbocycles. The summed E-state index contributed by atoms with van der Waals surface area (Å²) in [6.07, 6.45) is -4.77. The van der Waals surface area contributed by atoms with Crippen molar-refractivity contribution >= 4 is 17.1 Å². The van der Waals surface area contributed by atoms with Crippen molar-refractivity contribution in [2.24, 2.45) is 0 Å². The number of nitro benzene ring substituents is 1. The number of hydrogen-bond donors (Lipinski definition) is 3. The fourth-order valence-electron chi connectivity index (χ4n) is 1.52. The normalized spacial score (nSPS) is 12.3. The van der Waals surface area contributed by atoms with Crippen LogP contribution in [0.3, 0.4) is 0 Å². The molecule has 0 amide bonds. The number of anilines is 2. The van der Waals surface area contributed by atoms with E-state index >= 15 is 0 Å². The minimum absolute atomic E-state index is 0.0863. The largest absolute Gasteiger partial charge is 0.385 e. The van der Waals surface area contributed by atoms with Crippen molar-refractivity contribution in [1.29, 1.82) is 0 Å². The molecule has 1 aromatic carbocycles. The first kappa shape index (κ1) is 15.1. The number of alkyl halides is 2. The van der Waals surface area contributed by atoms with Crippen molar-refractivity contribution < 1.29 is 18.8 Å². The molecule has 0 spiro atoms. The zero-order valence-corrected chi connectivity index (χ0v) is 10.3. The number of nitro groups is 1. The summed E-state index contributed by atoms with van der Waals surface area (Å²) >= 11 is 0. The Morgan fingerprint density at radius 1 is 1.37 bits per heavy atom. The van der Waals surface area contributed by atoms with Crippen molar-refractivity contribution in [3.8, 4) is 0 Å². The van der Waals surface area contributed by atoms with E-state index in [0.29, 0.717) is 12.2 Å². The van der Waals surface area contributed by atoms with Gasteiger partial charge in [0.1, 0.15) is 17.5 Å². The third-order valence-electron chi connectivity index (χ3n) is 2.38. The van der Waals surface area contributed by atoms with Crippen molar-refractivity contribution in [3.05, 3.63) is 28.3 Å². The van der Waals surface area contributed by atoms with Crippen LogP contribution in [0.1, 0.15) is 6.92 Å². The smallest absolute Gasteiger partial charge is 0.315 e. The SMILES string of the molecule is CCNc1cccc(NCC(O)C(F)F)c1[N+](=O)[O-]. The summed E-state index contributed by atoms with van der Waals surface area (Å²) in [5, 5.41) is 25.3. The Morgan fingerprint density at radius 2 is 1.95 bits per heavy atom. The van der Waals surface area contributed by atoms with Crippen LogP contribution in [0, 0.1) is 10.1 Å². The van der Waals surface area contributed by atoms with Gasteiger partial charge in [0.15, 0.2) is 0 Å². The molecule has 1 aromatic rings. The molecule has 0 saturated heterocycles. The van der Waals surface area contributed by atoms with Gasteiger partial charge in [0.25, 0.3) is 6.43 Å². The molecule has 0 fully saturated rings. The highest BCUT2D eigenvalue weighted by Crippen LogP contribution is 2.32. The highest BCUT2D eigenvalue weighted by atomic mass is 19.3. The molecule has 0 radical (unpaired) electrons. The third kappa shape index (κ3) is 4.02. The molecule has 8 heteroatoms. The van der Waals surface area contributed by atoms with Gasteiger partial charge in [-0.25, -0.2) is 8.78 Å². The quantitative estimate of drug-likeness (QED) is 0.523. The Labute approximate surface area is 108 Å². The first-order chi connectivity index (χ1) is 8.97. The minimum Gasteiger partial charge on any atom is -0.385 e. The molecule has 1 rings (SSSR count). The van der Waals surface area contributed by atoms with E-state index in [1.54, 1.807) is 13.0 Å². The minimum atomic E-state index is -2.90. The predicted octanol–water partition coefficient (Wildman–Crippen LogP) is 2.06.